The second-order valence-electron chi connectivity index (χ2n) is 2.51. The molecule has 0 radical (unpaired) electrons. The highest BCUT2D eigenvalue weighted by Gasteiger charge is 2.25. The number of sulfonamides is 1. The molecule has 6 heteroatoms. The fraction of sp³-hybridized carbons (Fsp3) is 0.800. The Kier molecular flexibility index (Phi) is 2.15. The van der Waals surface area contributed by atoms with Gasteiger partial charge in [-0.05, 0) is 0 Å². The van der Waals surface area contributed by atoms with Crippen LogP contribution >= 0.6 is 0 Å². The minimum absolute atomic E-state index is 0.231. The second-order valence-corrected chi connectivity index (χ2v) is 4.50. The van der Waals surface area contributed by atoms with Gasteiger partial charge in [0.05, 0.1) is 18.5 Å². The Morgan fingerprint density at radius 2 is 2.27 bits per heavy atom. The number of nitrogens with zero attached hydrogens (tertiary/aromatic N) is 2. The molecule has 0 aromatic heterocycles. The Balaban J connectivity index is 2.70. The molecule has 0 saturated carbocycles. The van der Waals surface area contributed by atoms with Crippen LogP contribution in [0.2, 0.25) is 0 Å². The summed E-state index contributed by atoms with van der Waals surface area (Å²) in [6.07, 6.45) is 1.68. The van der Waals surface area contributed by atoms with Crippen molar-refractivity contribution in [3.05, 3.63) is 0 Å². The molecule has 1 aliphatic rings. The highest BCUT2D eigenvalue weighted by molar-refractivity contribution is 7.88. The predicted molar refractivity (Wildman–Crippen MR) is 40.3 cm³/mol. The first-order valence-electron chi connectivity index (χ1n) is 3.19. The maximum Gasteiger partial charge on any atom is 0.211 e. The van der Waals surface area contributed by atoms with Crippen LogP contribution in [0.15, 0.2) is 5.16 Å². The molecule has 0 bridgehead atoms. The summed E-state index contributed by atoms with van der Waals surface area (Å²) >= 11 is 0. The lowest BCUT2D eigenvalue weighted by Gasteiger charge is -2.09. The van der Waals surface area contributed by atoms with Crippen molar-refractivity contribution in [3.8, 4) is 0 Å². The van der Waals surface area contributed by atoms with Crippen molar-refractivity contribution in [2.45, 2.75) is 6.42 Å². The Hall–Kier alpha value is -0.620. The molecule has 1 fully saturated rings. The van der Waals surface area contributed by atoms with Gasteiger partial charge < -0.3 is 5.21 Å². The fourth-order valence-corrected chi connectivity index (χ4v) is 1.79. The lowest BCUT2D eigenvalue weighted by atomic mass is 10.3. The fourth-order valence-electron chi connectivity index (χ4n) is 0.980. The van der Waals surface area contributed by atoms with Gasteiger partial charge in [0.15, 0.2) is 0 Å². The van der Waals surface area contributed by atoms with E-state index in [1.165, 1.54) is 4.31 Å². The molecule has 0 aromatic rings. The Bertz CT molecular complexity index is 269. The molecule has 5 nitrogen and oxygen atoms in total. The number of hydrogen-bond donors (Lipinski definition) is 1. The van der Waals surface area contributed by atoms with Crippen molar-refractivity contribution in [3.63, 3.8) is 0 Å². The van der Waals surface area contributed by atoms with Gasteiger partial charge in [-0.3, -0.25) is 0 Å². The van der Waals surface area contributed by atoms with Crippen molar-refractivity contribution in [2.24, 2.45) is 5.16 Å². The molecule has 1 saturated heterocycles. The third-order valence-corrected chi connectivity index (χ3v) is 2.87. The minimum Gasteiger partial charge on any atom is -0.411 e. The van der Waals surface area contributed by atoms with Gasteiger partial charge in [-0.15, -0.1) is 0 Å². The van der Waals surface area contributed by atoms with Crippen LogP contribution in [0.1, 0.15) is 6.42 Å². The van der Waals surface area contributed by atoms with E-state index in [-0.39, 0.29) is 6.54 Å². The van der Waals surface area contributed by atoms with Gasteiger partial charge in [0.2, 0.25) is 10.0 Å². The van der Waals surface area contributed by atoms with Crippen molar-refractivity contribution in [1.29, 1.82) is 0 Å². The van der Waals surface area contributed by atoms with Gasteiger partial charge in [0, 0.05) is 13.0 Å². The average molecular weight is 178 g/mol. The zero-order chi connectivity index (χ0) is 8.48. The van der Waals surface area contributed by atoms with Gasteiger partial charge in [0.1, 0.15) is 0 Å². The molecule has 1 aliphatic heterocycles. The zero-order valence-corrected chi connectivity index (χ0v) is 7.00. The zero-order valence-electron chi connectivity index (χ0n) is 6.19. The largest absolute Gasteiger partial charge is 0.411 e. The average Bonchev–Trinajstić information content (AvgIpc) is 2.32. The molecule has 0 aliphatic carbocycles. The van der Waals surface area contributed by atoms with Crippen LogP contribution < -0.4 is 0 Å². The Morgan fingerprint density at radius 3 is 2.55 bits per heavy atom. The number of rotatable bonds is 1. The summed E-state index contributed by atoms with van der Waals surface area (Å²) in [4.78, 5) is 0. The van der Waals surface area contributed by atoms with Gasteiger partial charge in [-0.2, -0.15) is 4.31 Å². The summed E-state index contributed by atoms with van der Waals surface area (Å²) in [5, 5.41) is 11.3. The van der Waals surface area contributed by atoms with E-state index in [9.17, 15) is 8.42 Å². The summed E-state index contributed by atoms with van der Waals surface area (Å²) in [6.45, 7) is 0.660. The molecule has 1 heterocycles. The van der Waals surface area contributed by atoms with Gasteiger partial charge in [0.25, 0.3) is 0 Å². The van der Waals surface area contributed by atoms with Crippen LogP contribution in [-0.2, 0) is 10.0 Å². The van der Waals surface area contributed by atoms with Gasteiger partial charge in [-0.25, -0.2) is 8.42 Å². The number of oxime groups is 1. The Morgan fingerprint density at radius 1 is 1.64 bits per heavy atom. The first kappa shape index (κ1) is 8.48. The summed E-state index contributed by atoms with van der Waals surface area (Å²) in [5.74, 6) is 0. The van der Waals surface area contributed by atoms with Crippen LogP contribution in [0.5, 0.6) is 0 Å². The van der Waals surface area contributed by atoms with E-state index < -0.39 is 10.0 Å². The van der Waals surface area contributed by atoms with Crippen LogP contribution in [0.4, 0.5) is 0 Å². The van der Waals surface area contributed by atoms with E-state index in [0.29, 0.717) is 18.7 Å². The second kappa shape index (κ2) is 2.78. The molecule has 0 aromatic carbocycles. The molecule has 0 unspecified atom stereocenters. The van der Waals surface area contributed by atoms with E-state index in [0.717, 1.165) is 6.26 Å². The van der Waals surface area contributed by atoms with Crippen molar-refractivity contribution in [2.75, 3.05) is 19.3 Å². The van der Waals surface area contributed by atoms with Crippen molar-refractivity contribution in [1.82, 2.24) is 4.31 Å². The maximum atomic E-state index is 10.9. The molecule has 0 amide bonds. The first-order chi connectivity index (χ1) is 5.04. The first-order valence-corrected chi connectivity index (χ1v) is 5.04. The monoisotopic (exact) mass is 178 g/mol. The highest BCUT2D eigenvalue weighted by Crippen LogP contribution is 2.09. The van der Waals surface area contributed by atoms with Crippen molar-refractivity contribution < 1.29 is 13.6 Å². The van der Waals surface area contributed by atoms with E-state index in [1.54, 1.807) is 0 Å². The molecule has 1 rings (SSSR count). The van der Waals surface area contributed by atoms with Crippen LogP contribution in [-0.4, -0.2) is 43.0 Å². The normalized spacial score (nSPS) is 24.6. The van der Waals surface area contributed by atoms with Crippen molar-refractivity contribution >= 4 is 15.7 Å². The third-order valence-electron chi connectivity index (χ3n) is 1.62. The summed E-state index contributed by atoms with van der Waals surface area (Å²) in [5.41, 5.74) is 0.524. The lowest BCUT2D eigenvalue weighted by Crippen LogP contribution is -2.27. The smallest absolute Gasteiger partial charge is 0.211 e. The quantitative estimate of drug-likeness (QED) is 0.434. The molecule has 0 spiro atoms. The summed E-state index contributed by atoms with van der Waals surface area (Å²) in [7, 11) is -3.10. The van der Waals surface area contributed by atoms with E-state index in [1.807, 2.05) is 0 Å². The van der Waals surface area contributed by atoms with Crippen LogP contribution in [0.3, 0.4) is 0 Å². The van der Waals surface area contributed by atoms with E-state index >= 15 is 0 Å². The molecule has 11 heavy (non-hydrogen) atoms. The Labute approximate surface area is 65.4 Å². The molecular formula is C5H10N2O3S. The standard InChI is InChI=1S/C5H10N2O3S/c1-11(9,10)7-3-2-5(4-7)6-8/h8H,2-4H2,1H3/b6-5-. The summed E-state index contributed by atoms with van der Waals surface area (Å²) in [6, 6.07) is 0. The number of hydrogen-bond acceptors (Lipinski definition) is 4. The summed E-state index contributed by atoms with van der Waals surface area (Å²) < 4.78 is 23.0. The molecule has 0 atom stereocenters. The minimum atomic E-state index is -3.10. The third kappa shape index (κ3) is 1.90. The van der Waals surface area contributed by atoms with Crippen LogP contribution in [0.25, 0.3) is 0 Å². The SMILES string of the molecule is CS(=O)(=O)N1CC/C(=N/O)C1. The van der Waals surface area contributed by atoms with E-state index in [2.05, 4.69) is 5.16 Å². The predicted octanol–water partition coefficient (Wildman–Crippen LogP) is -0.518. The molecular weight excluding hydrogens is 168 g/mol. The maximum absolute atomic E-state index is 10.9. The lowest BCUT2D eigenvalue weighted by molar-refractivity contribution is 0.317. The molecule has 1 N–H and O–H groups in total. The molecule has 64 valence electrons. The van der Waals surface area contributed by atoms with Gasteiger partial charge in [-0.1, -0.05) is 5.16 Å². The van der Waals surface area contributed by atoms with E-state index in [4.69, 9.17) is 5.21 Å². The van der Waals surface area contributed by atoms with Crippen LogP contribution in [0, 0.1) is 0 Å². The topological polar surface area (TPSA) is 70.0 Å². The highest BCUT2D eigenvalue weighted by atomic mass is 32.2. The van der Waals surface area contributed by atoms with Gasteiger partial charge >= 0.3 is 0 Å².